The summed E-state index contributed by atoms with van der Waals surface area (Å²) in [5.74, 6) is 0.205. The van der Waals surface area contributed by atoms with Crippen LogP contribution in [0.3, 0.4) is 0 Å². The summed E-state index contributed by atoms with van der Waals surface area (Å²) in [4.78, 5) is 16.6. The summed E-state index contributed by atoms with van der Waals surface area (Å²) in [5, 5.41) is 14.3. The minimum atomic E-state index is -0.0909. The smallest absolute Gasteiger partial charge is 0.236 e. The van der Waals surface area contributed by atoms with E-state index in [4.69, 9.17) is 0 Å². The number of anilines is 1. The second kappa shape index (κ2) is 7.85. The van der Waals surface area contributed by atoms with Crippen molar-refractivity contribution in [3.63, 3.8) is 0 Å². The number of nitrogens with zero attached hydrogens (tertiary/aromatic N) is 3. The van der Waals surface area contributed by atoms with Crippen molar-refractivity contribution < 1.29 is 4.79 Å². The van der Waals surface area contributed by atoms with Gasteiger partial charge in [0.15, 0.2) is 9.47 Å². The first-order valence-corrected chi connectivity index (χ1v) is 10.8. The van der Waals surface area contributed by atoms with E-state index in [1.165, 1.54) is 40.0 Å². The lowest BCUT2D eigenvalue weighted by atomic mass is 9.86. The molecule has 136 valence electrons. The normalized spacial score (nSPS) is 11.5. The summed E-state index contributed by atoms with van der Waals surface area (Å²) in [6.07, 6.45) is 0. The Morgan fingerprint density at radius 3 is 2.54 bits per heavy atom. The van der Waals surface area contributed by atoms with Crippen molar-refractivity contribution in [2.24, 2.45) is 0 Å². The summed E-state index contributed by atoms with van der Waals surface area (Å²) in [5.41, 5.74) is 3.34. The summed E-state index contributed by atoms with van der Waals surface area (Å²) in [6, 6.07) is 8.42. The highest BCUT2D eigenvalue weighted by Crippen LogP contribution is 2.28. The van der Waals surface area contributed by atoms with Gasteiger partial charge in [-0.25, -0.2) is 4.98 Å². The van der Waals surface area contributed by atoms with Crippen molar-refractivity contribution in [2.75, 3.05) is 11.1 Å². The van der Waals surface area contributed by atoms with Crippen LogP contribution in [0.1, 0.15) is 31.3 Å². The van der Waals surface area contributed by atoms with Gasteiger partial charge in [0.1, 0.15) is 5.01 Å². The van der Waals surface area contributed by atoms with Crippen LogP contribution < -0.4 is 5.32 Å². The zero-order valence-electron chi connectivity index (χ0n) is 15.1. The molecule has 0 spiro atoms. The van der Waals surface area contributed by atoms with Crippen LogP contribution in [-0.2, 0) is 10.2 Å². The monoisotopic (exact) mass is 404 g/mol. The van der Waals surface area contributed by atoms with E-state index in [0.29, 0.717) is 10.9 Å². The molecule has 0 fully saturated rings. The molecule has 2 aromatic heterocycles. The maximum absolute atomic E-state index is 12.1. The molecule has 1 N–H and O–H groups in total. The number of aromatic nitrogens is 3. The molecule has 5 nitrogen and oxygen atoms in total. The number of aryl methyl sites for hydroxylation is 1. The van der Waals surface area contributed by atoms with Gasteiger partial charge in [0.2, 0.25) is 5.91 Å². The Kier molecular flexibility index (Phi) is 5.74. The standard InChI is InChI=1S/C18H20N4OS3/c1-11-21-22-17(26-11)25-10-15(23)20-16-19-14(9-24-16)12-5-7-13(8-6-12)18(2,3)4/h5-9H,10H2,1-4H3,(H,19,20,23). The van der Waals surface area contributed by atoms with E-state index in [2.05, 4.69) is 65.5 Å². The lowest BCUT2D eigenvalue weighted by molar-refractivity contribution is -0.113. The lowest BCUT2D eigenvalue weighted by Crippen LogP contribution is -2.13. The van der Waals surface area contributed by atoms with Crippen LogP contribution in [0.4, 0.5) is 5.13 Å². The molecule has 0 aliphatic rings. The molecule has 0 unspecified atom stereocenters. The summed E-state index contributed by atoms with van der Waals surface area (Å²) >= 11 is 4.30. The van der Waals surface area contributed by atoms with Gasteiger partial charge in [-0.15, -0.1) is 21.5 Å². The number of carbonyl (C=O) groups is 1. The maximum Gasteiger partial charge on any atom is 0.236 e. The summed E-state index contributed by atoms with van der Waals surface area (Å²) in [7, 11) is 0. The second-order valence-electron chi connectivity index (χ2n) is 6.79. The molecule has 0 aliphatic heterocycles. The molecule has 0 aliphatic carbocycles. The molecule has 0 saturated heterocycles. The first-order valence-electron chi connectivity index (χ1n) is 8.10. The number of nitrogens with one attached hydrogen (secondary N) is 1. The molecule has 3 rings (SSSR count). The Morgan fingerprint density at radius 2 is 1.92 bits per heavy atom. The van der Waals surface area contributed by atoms with Crippen LogP contribution in [0.15, 0.2) is 34.0 Å². The van der Waals surface area contributed by atoms with Gasteiger partial charge in [-0.05, 0) is 17.9 Å². The number of thiazole rings is 1. The van der Waals surface area contributed by atoms with Gasteiger partial charge in [0.05, 0.1) is 11.4 Å². The van der Waals surface area contributed by atoms with Crippen molar-refractivity contribution in [3.05, 3.63) is 40.2 Å². The third-order valence-corrected chi connectivity index (χ3v) is 6.36. The number of hydrogen-bond acceptors (Lipinski definition) is 7. The Labute approximate surface area is 165 Å². The second-order valence-corrected chi connectivity index (χ2v) is 10.1. The van der Waals surface area contributed by atoms with Gasteiger partial charge < -0.3 is 5.32 Å². The molecule has 26 heavy (non-hydrogen) atoms. The average Bonchev–Trinajstić information content (AvgIpc) is 3.21. The third kappa shape index (κ3) is 4.90. The van der Waals surface area contributed by atoms with Gasteiger partial charge in [-0.2, -0.15) is 0 Å². The Bertz CT molecular complexity index is 894. The van der Waals surface area contributed by atoms with Crippen molar-refractivity contribution in [2.45, 2.75) is 37.4 Å². The molecule has 8 heteroatoms. The number of rotatable bonds is 5. The Hall–Kier alpha value is -1.77. The van der Waals surface area contributed by atoms with Crippen LogP contribution in [-0.4, -0.2) is 26.8 Å². The minimum Gasteiger partial charge on any atom is -0.301 e. The van der Waals surface area contributed by atoms with Gasteiger partial charge in [-0.1, -0.05) is 68.1 Å². The minimum absolute atomic E-state index is 0.0909. The highest BCUT2D eigenvalue weighted by molar-refractivity contribution is 8.01. The fourth-order valence-electron chi connectivity index (χ4n) is 2.22. The number of carbonyl (C=O) groups excluding carboxylic acids is 1. The third-order valence-electron chi connectivity index (χ3n) is 3.63. The van der Waals surface area contributed by atoms with Gasteiger partial charge >= 0.3 is 0 Å². The zero-order valence-corrected chi connectivity index (χ0v) is 17.5. The molecular weight excluding hydrogens is 384 g/mol. The first kappa shape index (κ1) is 19.0. The maximum atomic E-state index is 12.1. The summed E-state index contributed by atoms with van der Waals surface area (Å²) in [6.45, 7) is 8.48. The molecule has 3 aromatic rings. The van der Waals surface area contributed by atoms with Crippen LogP contribution in [0.2, 0.25) is 0 Å². The number of hydrogen-bond donors (Lipinski definition) is 1. The fraction of sp³-hybridized carbons (Fsp3) is 0.333. The molecule has 1 amide bonds. The van der Waals surface area contributed by atoms with Crippen molar-refractivity contribution >= 4 is 45.5 Å². The van der Waals surface area contributed by atoms with Crippen molar-refractivity contribution in [1.29, 1.82) is 0 Å². The van der Waals surface area contributed by atoms with E-state index in [1.54, 1.807) is 0 Å². The van der Waals surface area contributed by atoms with Crippen molar-refractivity contribution in [1.82, 2.24) is 15.2 Å². The molecule has 0 saturated carbocycles. The molecule has 1 aromatic carbocycles. The highest BCUT2D eigenvalue weighted by Gasteiger charge is 2.14. The van der Waals surface area contributed by atoms with E-state index in [1.807, 2.05) is 12.3 Å². The van der Waals surface area contributed by atoms with Gasteiger partial charge in [-0.3, -0.25) is 4.79 Å². The van der Waals surface area contributed by atoms with E-state index in [9.17, 15) is 4.79 Å². The Morgan fingerprint density at radius 1 is 1.19 bits per heavy atom. The molecule has 0 bridgehead atoms. The van der Waals surface area contributed by atoms with Crippen LogP contribution >= 0.6 is 34.4 Å². The SMILES string of the molecule is Cc1nnc(SCC(=O)Nc2nc(-c3ccc(C(C)(C)C)cc3)cs2)s1. The number of benzene rings is 1. The first-order chi connectivity index (χ1) is 12.3. The Balaban J connectivity index is 1.59. The quantitative estimate of drug-likeness (QED) is 0.606. The molecule has 0 atom stereocenters. The predicted octanol–water partition coefficient (Wildman–Crippen LogP) is 5.00. The zero-order chi connectivity index (χ0) is 18.7. The van der Waals surface area contributed by atoms with E-state index >= 15 is 0 Å². The molecule has 0 radical (unpaired) electrons. The number of amides is 1. The fourth-order valence-corrected chi connectivity index (χ4v) is 4.58. The summed E-state index contributed by atoms with van der Waals surface area (Å²) < 4.78 is 0.802. The van der Waals surface area contributed by atoms with Crippen LogP contribution in [0, 0.1) is 6.92 Å². The van der Waals surface area contributed by atoms with E-state index in [-0.39, 0.29) is 11.3 Å². The van der Waals surface area contributed by atoms with Crippen LogP contribution in [0.25, 0.3) is 11.3 Å². The molecule has 2 heterocycles. The topological polar surface area (TPSA) is 67.8 Å². The van der Waals surface area contributed by atoms with E-state index < -0.39 is 0 Å². The lowest BCUT2D eigenvalue weighted by Gasteiger charge is -2.18. The van der Waals surface area contributed by atoms with Crippen LogP contribution in [0.5, 0.6) is 0 Å². The van der Waals surface area contributed by atoms with E-state index in [0.717, 1.165) is 20.6 Å². The largest absolute Gasteiger partial charge is 0.301 e. The van der Waals surface area contributed by atoms with Gasteiger partial charge in [0, 0.05) is 10.9 Å². The number of thioether (sulfide) groups is 1. The van der Waals surface area contributed by atoms with Crippen molar-refractivity contribution in [3.8, 4) is 11.3 Å². The van der Waals surface area contributed by atoms with Gasteiger partial charge in [0.25, 0.3) is 0 Å². The highest BCUT2D eigenvalue weighted by atomic mass is 32.2. The molecular formula is C18H20N4OS3. The predicted molar refractivity (Wildman–Crippen MR) is 110 cm³/mol. The average molecular weight is 405 g/mol.